The first-order valence-electron chi connectivity index (χ1n) is 5.19. The van der Waals surface area contributed by atoms with E-state index in [9.17, 15) is 8.78 Å². The second-order valence-electron chi connectivity index (χ2n) is 4.25. The van der Waals surface area contributed by atoms with Gasteiger partial charge >= 0.3 is 0 Å². The van der Waals surface area contributed by atoms with E-state index in [1.807, 2.05) is 13.8 Å². The summed E-state index contributed by atoms with van der Waals surface area (Å²) in [6, 6.07) is 6.64. The molecule has 0 radical (unpaired) electrons. The largest absolute Gasteiger partial charge is 0.491 e. The Bertz CT molecular complexity index is 351. The van der Waals surface area contributed by atoms with Crippen LogP contribution < -0.4 is 10.5 Å². The molecular weight excluding hydrogens is 212 g/mol. The number of alkyl halides is 2. The van der Waals surface area contributed by atoms with Gasteiger partial charge in [-0.2, -0.15) is 0 Å². The van der Waals surface area contributed by atoms with Crippen molar-refractivity contribution in [3.05, 3.63) is 29.8 Å². The molecule has 0 fully saturated rings. The number of hydrogen-bond acceptors (Lipinski definition) is 2. The first-order chi connectivity index (χ1) is 7.35. The maximum Gasteiger partial charge on any atom is 0.260 e. The van der Waals surface area contributed by atoms with Crippen molar-refractivity contribution in [1.29, 1.82) is 0 Å². The summed E-state index contributed by atoms with van der Waals surface area (Å²) in [7, 11) is 0. The van der Waals surface area contributed by atoms with Crippen molar-refractivity contribution < 1.29 is 13.5 Å². The number of para-hydroxylation sites is 1. The van der Waals surface area contributed by atoms with Crippen molar-refractivity contribution in [1.82, 2.24) is 0 Å². The second kappa shape index (κ2) is 4.78. The summed E-state index contributed by atoms with van der Waals surface area (Å²) in [6.45, 7) is 4.99. The highest BCUT2D eigenvalue weighted by Crippen LogP contribution is 2.32. The van der Waals surface area contributed by atoms with Crippen LogP contribution in [0.5, 0.6) is 5.75 Å². The minimum absolute atomic E-state index is 0.0744. The fraction of sp³-hybridized carbons (Fsp3) is 0.500. The van der Waals surface area contributed by atoms with Crippen LogP contribution >= 0.6 is 0 Å². The SMILES string of the molecule is CC(C)Oc1ccccc1C(C)(N)C(F)F. The summed E-state index contributed by atoms with van der Waals surface area (Å²) in [4.78, 5) is 0. The zero-order valence-corrected chi connectivity index (χ0v) is 9.71. The highest BCUT2D eigenvalue weighted by atomic mass is 19.3. The Balaban J connectivity index is 3.12. The van der Waals surface area contributed by atoms with E-state index in [4.69, 9.17) is 10.5 Å². The lowest BCUT2D eigenvalue weighted by atomic mass is 9.93. The van der Waals surface area contributed by atoms with Gasteiger partial charge in [-0.05, 0) is 26.8 Å². The molecule has 2 nitrogen and oxygen atoms in total. The van der Waals surface area contributed by atoms with Crippen LogP contribution in [0.3, 0.4) is 0 Å². The predicted octanol–water partition coefficient (Wildman–Crippen LogP) is 2.91. The van der Waals surface area contributed by atoms with Gasteiger partial charge in [0.15, 0.2) is 0 Å². The van der Waals surface area contributed by atoms with E-state index in [1.165, 1.54) is 6.92 Å². The molecule has 1 unspecified atom stereocenters. The molecular formula is C12H17F2NO. The van der Waals surface area contributed by atoms with Crippen molar-refractivity contribution in [2.45, 2.75) is 38.8 Å². The molecule has 1 rings (SSSR count). The molecule has 0 amide bonds. The standard InChI is InChI=1S/C12H17F2NO/c1-8(2)16-10-7-5-4-6-9(10)12(3,15)11(13)14/h4-8,11H,15H2,1-3H3. The number of nitrogens with two attached hydrogens (primary N) is 1. The van der Waals surface area contributed by atoms with Crippen LogP contribution in [0, 0.1) is 0 Å². The van der Waals surface area contributed by atoms with Crippen LogP contribution in [0.4, 0.5) is 8.78 Å². The normalized spacial score (nSPS) is 15.2. The van der Waals surface area contributed by atoms with Crippen molar-refractivity contribution >= 4 is 0 Å². The molecule has 0 aliphatic carbocycles. The Kier molecular flexibility index (Phi) is 3.86. The third-order valence-electron chi connectivity index (χ3n) is 2.28. The third-order valence-corrected chi connectivity index (χ3v) is 2.28. The van der Waals surface area contributed by atoms with Gasteiger partial charge in [-0.1, -0.05) is 18.2 Å². The summed E-state index contributed by atoms with van der Waals surface area (Å²) < 4.78 is 31.1. The van der Waals surface area contributed by atoms with Crippen molar-refractivity contribution in [2.75, 3.05) is 0 Å². The van der Waals surface area contributed by atoms with Crippen LogP contribution in [0.25, 0.3) is 0 Å². The molecule has 0 bridgehead atoms. The van der Waals surface area contributed by atoms with E-state index in [0.717, 1.165) is 0 Å². The third kappa shape index (κ3) is 2.70. The summed E-state index contributed by atoms with van der Waals surface area (Å²) >= 11 is 0. The van der Waals surface area contributed by atoms with Crippen molar-refractivity contribution in [3.8, 4) is 5.75 Å². The Morgan fingerprint density at radius 2 is 1.81 bits per heavy atom. The second-order valence-corrected chi connectivity index (χ2v) is 4.25. The van der Waals surface area contributed by atoms with E-state index in [0.29, 0.717) is 11.3 Å². The van der Waals surface area contributed by atoms with Crippen molar-refractivity contribution in [3.63, 3.8) is 0 Å². The maximum absolute atomic E-state index is 12.8. The monoisotopic (exact) mass is 229 g/mol. The molecule has 0 heterocycles. The molecule has 0 aliphatic rings. The van der Waals surface area contributed by atoms with Crippen LogP contribution in [0.2, 0.25) is 0 Å². The molecule has 90 valence electrons. The first kappa shape index (κ1) is 12.9. The highest BCUT2D eigenvalue weighted by Gasteiger charge is 2.34. The molecule has 2 N–H and O–H groups in total. The molecule has 16 heavy (non-hydrogen) atoms. The van der Waals surface area contributed by atoms with Crippen molar-refractivity contribution in [2.24, 2.45) is 5.73 Å². The molecule has 1 aromatic carbocycles. The van der Waals surface area contributed by atoms with Gasteiger partial charge in [-0.25, -0.2) is 8.78 Å². The molecule has 0 saturated carbocycles. The van der Waals surface area contributed by atoms with Crippen LogP contribution in [-0.4, -0.2) is 12.5 Å². The Morgan fingerprint density at radius 3 is 2.31 bits per heavy atom. The number of hydrogen-bond donors (Lipinski definition) is 1. The Labute approximate surface area is 94.4 Å². The predicted molar refractivity (Wildman–Crippen MR) is 59.7 cm³/mol. The lowest BCUT2D eigenvalue weighted by molar-refractivity contribution is 0.0599. The highest BCUT2D eigenvalue weighted by molar-refractivity contribution is 5.39. The van der Waals surface area contributed by atoms with Gasteiger partial charge in [0.1, 0.15) is 11.3 Å². The lowest BCUT2D eigenvalue weighted by Gasteiger charge is -2.27. The fourth-order valence-corrected chi connectivity index (χ4v) is 1.39. The summed E-state index contributed by atoms with van der Waals surface area (Å²) in [5.74, 6) is 0.419. The van der Waals surface area contributed by atoms with Gasteiger partial charge in [-0.15, -0.1) is 0 Å². The van der Waals surface area contributed by atoms with Crippen LogP contribution in [0.15, 0.2) is 24.3 Å². The van der Waals surface area contributed by atoms with Gasteiger partial charge in [0, 0.05) is 5.56 Å². The fourth-order valence-electron chi connectivity index (χ4n) is 1.39. The topological polar surface area (TPSA) is 35.2 Å². The molecule has 0 spiro atoms. The number of rotatable bonds is 4. The minimum Gasteiger partial charge on any atom is -0.491 e. The quantitative estimate of drug-likeness (QED) is 0.861. The molecule has 0 aromatic heterocycles. The maximum atomic E-state index is 12.8. The van der Waals surface area contributed by atoms with Gasteiger partial charge in [-0.3, -0.25) is 0 Å². The Hall–Kier alpha value is -1.16. The summed E-state index contributed by atoms with van der Waals surface area (Å²) in [5, 5.41) is 0. The molecule has 1 aromatic rings. The average molecular weight is 229 g/mol. The Morgan fingerprint density at radius 1 is 1.25 bits per heavy atom. The van der Waals surface area contributed by atoms with E-state index in [2.05, 4.69) is 0 Å². The van der Waals surface area contributed by atoms with E-state index in [-0.39, 0.29) is 6.10 Å². The first-order valence-corrected chi connectivity index (χ1v) is 5.19. The van der Waals surface area contributed by atoms with Gasteiger partial charge in [0.2, 0.25) is 0 Å². The van der Waals surface area contributed by atoms with E-state index >= 15 is 0 Å². The summed E-state index contributed by atoms with van der Waals surface area (Å²) in [6.07, 6.45) is -2.71. The molecule has 0 aliphatic heterocycles. The number of benzene rings is 1. The van der Waals surface area contributed by atoms with Gasteiger partial charge < -0.3 is 10.5 Å². The smallest absolute Gasteiger partial charge is 0.260 e. The lowest BCUT2D eigenvalue weighted by Crippen LogP contribution is -2.41. The van der Waals surface area contributed by atoms with Crippen LogP contribution in [0.1, 0.15) is 26.3 Å². The zero-order chi connectivity index (χ0) is 12.3. The number of halogens is 2. The minimum atomic E-state index is -2.63. The molecule has 1 atom stereocenters. The number of ether oxygens (including phenoxy) is 1. The molecule has 0 saturated heterocycles. The molecule has 4 heteroatoms. The average Bonchev–Trinajstić information content (AvgIpc) is 2.17. The zero-order valence-electron chi connectivity index (χ0n) is 9.71. The van der Waals surface area contributed by atoms with E-state index in [1.54, 1.807) is 24.3 Å². The van der Waals surface area contributed by atoms with Gasteiger partial charge in [0.05, 0.1) is 6.10 Å². The summed E-state index contributed by atoms with van der Waals surface area (Å²) in [5.41, 5.74) is 4.27. The van der Waals surface area contributed by atoms with Crippen LogP contribution in [-0.2, 0) is 5.54 Å². The van der Waals surface area contributed by atoms with Gasteiger partial charge in [0.25, 0.3) is 6.43 Å². The van der Waals surface area contributed by atoms with E-state index < -0.39 is 12.0 Å².